The Hall–Kier alpha value is -1.64. The minimum Gasteiger partial charge on any atom is -0.496 e. The third-order valence-electron chi connectivity index (χ3n) is 2.67. The van der Waals surface area contributed by atoms with E-state index in [1.165, 1.54) is 19.2 Å². The second-order valence-corrected chi connectivity index (χ2v) is 5.74. The van der Waals surface area contributed by atoms with Gasteiger partial charge < -0.3 is 14.6 Å². The summed E-state index contributed by atoms with van der Waals surface area (Å²) in [5.41, 5.74) is -0.199. The molecule has 0 spiro atoms. The number of hydrogen-bond acceptors (Lipinski definition) is 5. The van der Waals surface area contributed by atoms with E-state index in [4.69, 9.17) is 14.6 Å². The molecule has 8 heteroatoms. The lowest BCUT2D eigenvalue weighted by Crippen LogP contribution is -2.48. The third kappa shape index (κ3) is 2.86. The van der Waals surface area contributed by atoms with Crippen molar-refractivity contribution < 1.29 is 27.8 Å². The molecule has 0 radical (unpaired) electrons. The van der Waals surface area contributed by atoms with Crippen molar-refractivity contribution in [3.8, 4) is 5.75 Å². The monoisotopic (exact) mass is 287 g/mol. The third-order valence-corrected chi connectivity index (χ3v) is 4.19. The minimum absolute atomic E-state index is 0.110. The standard InChI is InChI=1S/C11H13NO6S/c1-17-10-3-2-8(4-9(10)11(13)14)19(15,16)12-7-5-18-6-7/h2-4,7,12H,5-6H2,1H3,(H,13,14). The van der Waals surface area contributed by atoms with Gasteiger partial charge in [0.2, 0.25) is 10.0 Å². The van der Waals surface area contributed by atoms with Crippen LogP contribution in [0.3, 0.4) is 0 Å². The SMILES string of the molecule is COc1ccc(S(=O)(=O)NC2COC2)cc1C(=O)O. The van der Waals surface area contributed by atoms with Gasteiger partial charge in [0, 0.05) is 0 Å². The maximum atomic E-state index is 12.0. The first-order valence-corrected chi connectivity index (χ1v) is 6.94. The number of methoxy groups -OCH3 is 1. The molecule has 7 nitrogen and oxygen atoms in total. The molecule has 1 fully saturated rings. The van der Waals surface area contributed by atoms with Gasteiger partial charge in [0.25, 0.3) is 0 Å². The molecule has 2 N–H and O–H groups in total. The van der Waals surface area contributed by atoms with E-state index in [1.807, 2.05) is 0 Å². The Morgan fingerprint density at radius 1 is 1.47 bits per heavy atom. The zero-order valence-electron chi connectivity index (χ0n) is 10.1. The predicted octanol–water partition coefficient (Wildman–Crippen LogP) is 0.0705. The summed E-state index contributed by atoms with van der Waals surface area (Å²) in [4.78, 5) is 10.9. The molecule has 2 rings (SSSR count). The summed E-state index contributed by atoms with van der Waals surface area (Å²) in [5, 5.41) is 9.01. The van der Waals surface area contributed by atoms with Gasteiger partial charge in [-0.2, -0.15) is 0 Å². The lowest BCUT2D eigenvalue weighted by molar-refractivity contribution is 0.00482. The molecule has 0 aromatic heterocycles. The predicted molar refractivity (Wildman–Crippen MR) is 64.9 cm³/mol. The van der Waals surface area contributed by atoms with Crippen LogP contribution in [0.25, 0.3) is 0 Å². The summed E-state index contributed by atoms with van der Waals surface area (Å²) in [7, 11) is -2.43. The molecule has 19 heavy (non-hydrogen) atoms. The fourth-order valence-corrected chi connectivity index (χ4v) is 2.84. The van der Waals surface area contributed by atoms with Crippen LogP contribution >= 0.6 is 0 Å². The first-order chi connectivity index (χ1) is 8.94. The van der Waals surface area contributed by atoms with Gasteiger partial charge in [0.15, 0.2) is 0 Å². The maximum absolute atomic E-state index is 12.0. The van der Waals surface area contributed by atoms with E-state index in [0.29, 0.717) is 13.2 Å². The fourth-order valence-electron chi connectivity index (χ4n) is 1.61. The van der Waals surface area contributed by atoms with Gasteiger partial charge in [-0.3, -0.25) is 0 Å². The quantitative estimate of drug-likeness (QED) is 0.794. The van der Waals surface area contributed by atoms with Gasteiger partial charge in [-0.25, -0.2) is 17.9 Å². The number of benzene rings is 1. The van der Waals surface area contributed by atoms with E-state index in [2.05, 4.69) is 4.72 Å². The summed E-state index contributed by atoms with van der Waals surface area (Å²) in [6, 6.07) is 3.42. The summed E-state index contributed by atoms with van der Waals surface area (Å²) in [6.07, 6.45) is 0. The molecule has 0 atom stereocenters. The van der Waals surface area contributed by atoms with Crippen LogP contribution in [0.2, 0.25) is 0 Å². The highest BCUT2D eigenvalue weighted by Crippen LogP contribution is 2.22. The van der Waals surface area contributed by atoms with E-state index in [9.17, 15) is 13.2 Å². The second-order valence-electron chi connectivity index (χ2n) is 4.02. The molecule has 0 bridgehead atoms. The van der Waals surface area contributed by atoms with Crippen molar-refractivity contribution in [3.63, 3.8) is 0 Å². The molecule has 1 aliphatic rings. The summed E-state index contributed by atoms with van der Waals surface area (Å²) < 4.78 is 36.2. The molecule has 104 valence electrons. The molecule has 0 unspecified atom stereocenters. The van der Waals surface area contributed by atoms with Gasteiger partial charge in [-0.15, -0.1) is 0 Å². The minimum atomic E-state index is -3.75. The number of hydrogen-bond donors (Lipinski definition) is 2. The van der Waals surface area contributed by atoms with E-state index in [1.54, 1.807) is 0 Å². The van der Waals surface area contributed by atoms with Gasteiger partial charge in [0.1, 0.15) is 11.3 Å². The van der Waals surface area contributed by atoms with Crippen LogP contribution < -0.4 is 9.46 Å². The Balaban J connectivity index is 2.33. The van der Waals surface area contributed by atoms with Crippen molar-refractivity contribution in [1.82, 2.24) is 4.72 Å². The molecule has 1 saturated heterocycles. The van der Waals surface area contributed by atoms with Crippen LogP contribution in [-0.4, -0.2) is 45.9 Å². The first-order valence-electron chi connectivity index (χ1n) is 5.45. The molecule has 0 saturated carbocycles. The number of aromatic carboxylic acids is 1. The van der Waals surface area contributed by atoms with Crippen molar-refractivity contribution in [2.75, 3.05) is 20.3 Å². The van der Waals surface area contributed by atoms with Crippen molar-refractivity contribution in [3.05, 3.63) is 23.8 Å². The molecule has 0 amide bonds. The molecule has 1 aliphatic heterocycles. The van der Waals surface area contributed by atoms with Gasteiger partial charge in [-0.05, 0) is 18.2 Å². The Kier molecular flexibility index (Phi) is 3.74. The average Bonchev–Trinajstić information content (AvgIpc) is 2.33. The fraction of sp³-hybridized carbons (Fsp3) is 0.364. The lowest BCUT2D eigenvalue weighted by Gasteiger charge is -2.26. The maximum Gasteiger partial charge on any atom is 0.339 e. The van der Waals surface area contributed by atoms with Crippen LogP contribution in [0.5, 0.6) is 5.75 Å². The topological polar surface area (TPSA) is 102 Å². The highest BCUT2D eigenvalue weighted by atomic mass is 32.2. The molecule has 1 aromatic rings. The van der Waals surface area contributed by atoms with Crippen molar-refractivity contribution in [1.29, 1.82) is 0 Å². The number of nitrogens with one attached hydrogen (secondary N) is 1. The lowest BCUT2D eigenvalue weighted by atomic mass is 10.2. The van der Waals surface area contributed by atoms with Crippen LogP contribution in [-0.2, 0) is 14.8 Å². The van der Waals surface area contributed by atoms with Crippen LogP contribution in [0.15, 0.2) is 23.1 Å². The van der Waals surface area contributed by atoms with E-state index in [0.717, 1.165) is 6.07 Å². The van der Waals surface area contributed by atoms with Crippen LogP contribution in [0.4, 0.5) is 0 Å². The summed E-state index contributed by atoms with van der Waals surface area (Å²) in [5.74, 6) is -1.14. The molecule has 1 heterocycles. The Labute approximate surface area is 110 Å². The molecule has 0 aliphatic carbocycles. The van der Waals surface area contributed by atoms with Crippen LogP contribution in [0, 0.1) is 0 Å². The van der Waals surface area contributed by atoms with Gasteiger partial charge >= 0.3 is 5.97 Å². The highest BCUT2D eigenvalue weighted by molar-refractivity contribution is 7.89. The van der Waals surface area contributed by atoms with Crippen molar-refractivity contribution in [2.24, 2.45) is 0 Å². The van der Waals surface area contributed by atoms with E-state index in [-0.39, 0.29) is 22.3 Å². The van der Waals surface area contributed by atoms with Crippen LogP contribution in [0.1, 0.15) is 10.4 Å². The number of carboxylic acids is 1. The zero-order valence-corrected chi connectivity index (χ0v) is 10.9. The molecule has 1 aromatic carbocycles. The van der Waals surface area contributed by atoms with Crippen molar-refractivity contribution in [2.45, 2.75) is 10.9 Å². The number of ether oxygens (including phenoxy) is 2. The highest BCUT2D eigenvalue weighted by Gasteiger charge is 2.26. The average molecular weight is 287 g/mol. The number of carbonyl (C=O) groups is 1. The van der Waals surface area contributed by atoms with E-state index >= 15 is 0 Å². The molecular formula is C11H13NO6S. The number of rotatable bonds is 5. The van der Waals surface area contributed by atoms with Crippen molar-refractivity contribution >= 4 is 16.0 Å². The number of sulfonamides is 1. The normalized spacial score (nSPS) is 15.8. The van der Waals surface area contributed by atoms with E-state index < -0.39 is 16.0 Å². The first kappa shape index (κ1) is 13.8. The zero-order chi connectivity index (χ0) is 14.0. The Morgan fingerprint density at radius 3 is 2.63 bits per heavy atom. The largest absolute Gasteiger partial charge is 0.496 e. The molecular weight excluding hydrogens is 274 g/mol. The Bertz CT molecular complexity index is 593. The van der Waals surface area contributed by atoms with Gasteiger partial charge in [0.05, 0.1) is 31.3 Å². The second kappa shape index (κ2) is 5.16. The van der Waals surface area contributed by atoms with Gasteiger partial charge in [-0.1, -0.05) is 0 Å². The Morgan fingerprint density at radius 2 is 2.16 bits per heavy atom. The summed E-state index contributed by atoms with van der Waals surface area (Å²) >= 11 is 0. The smallest absolute Gasteiger partial charge is 0.339 e. The summed E-state index contributed by atoms with van der Waals surface area (Å²) in [6.45, 7) is 0.641. The number of carboxylic acid groups (broad SMARTS) is 1.